The number of para-hydroxylation sites is 1. The largest absolute Gasteiger partial charge is 0.459 e. The molecule has 1 aromatic rings. The van der Waals surface area contributed by atoms with Crippen LogP contribution < -0.4 is 5.32 Å². The molecule has 1 aromatic carbocycles. The van der Waals surface area contributed by atoms with E-state index in [4.69, 9.17) is 4.74 Å². The smallest absolute Gasteiger partial charge is 0.306 e. The quantitative estimate of drug-likeness (QED) is 0.495. The first kappa shape index (κ1) is 17.4. The number of benzene rings is 1. The Hall–Kier alpha value is -1.95. The van der Waals surface area contributed by atoms with Crippen LogP contribution in [0.15, 0.2) is 24.3 Å². The molecule has 0 unspecified atom stereocenters. The zero-order chi connectivity index (χ0) is 16.9. The van der Waals surface area contributed by atoms with Crippen LogP contribution in [0.25, 0.3) is 0 Å². The van der Waals surface area contributed by atoms with E-state index in [1.54, 1.807) is 18.2 Å². The predicted octanol–water partition coefficient (Wildman–Crippen LogP) is 2.85. The van der Waals surface area contributed by atoms with Gasteiger partial charge in [0.25, 0.3) is 5.69 Å². The Morgan fingerprint density at radius 3 is 2.65 bits per heavy atom. The number of carbonyl (C=O) groups is 1. The second-order valence-electron chi connectivity index (χ2n) is 6.49. The molecule has 0 aromatic heterocycles. The summed E-state index contributed by atoms with van der Waals surface area (Å²) in [6.07, 6.45) is 2.45. The van der Waals surface area contributed by atoms with E-state index in [2.05, 4.69) is 5.32 Å². The van der Waals surface area contributed by atoms with Crippen LogP contribution >= 0.6 is 0 Å². The van der Waals surface area contributed by atoms with Gasteiger partial charge in [0.05, 0.1) is 4.92 Å². The molecule has 6 nitrogen and oxygen atoms in total. The third-order valence-corrected chi connectivity index (χ3v) is 4.49. The molecule has 0 amide bonds. The monoisotopic (exact) mass is 320 g/mol. The van der Waals surface area contributed by atoms with Gasteiger partial charge in [0.2, 0.25) is 0 Å². The highest BCUT2D eigenvalue weighted by Crippen LogP contribution is 2.29. The second kappa shape index (κ2) is 7.55. The van der Waals surface area contributed by atoms with E-state index < -0.39 is 10.5 Å². The first-order chi connectivity index (χ1) is 10.9. The number of piperidine rings is 1. The van der Waals surface area contributed by atoms with Gasteiger partial charge in [-0.15, -0.1) is 0 Å². The van der Waals surface area contributed by atoms with Crippen LogP contribution in [0.4, 0.5) is 5.69 Å². The Kier molecular flexibility index (Phi) is 5.71. The summed E-state index contributed by atoms with van der Waals surface area (Å²) in [6.45, 7) is 5.79. The number of nitro benzene ring substituents is 1. The van der Waals surface area contributed by atoms with Crippen LogP contribution in [-0.2, 0) is 16.0 Å². The van der Waals surface area contributed by atoms with Gasteiger partial charge >= 0.3 is 5.97 Å². The highest BCUT2D eigenvalue weighted by Gasteiger charge is 2.34. The van der Waals surface area contributed by atoms with Gasteiger partial charge in [-0.1, -0.05) is 18.2 Å². The molecule has 1 saturated heterocycles. The van der Waals surface area contributed by atoms with Crippen LogP contribution in [0, 0.1) is 16.0 Å². The van der Waals surface area contributed by atoms with Crippen molar-refractivity contribution in [3.05, 3.63) is 39.9 Å². The number of hydrogen-bond donors (Lipinski definition) is 1. The number of ether oxygens (including phenoxy) is 1. The lowest BCUT2D eigenvalue weighted by molar-refractivity contribution is -0.385. The van der Waals surface area contributed by atoms with Crippen LogP contribution in [-0.4, -0.2) is 29.6 Å². The summed E-state index contributed by atoms with van der Waals surface area (Å²) in [5, 5.41) is 14.3. The maximum atomic E-state index is 12.1. The van der Waals surface area contributed by atoms with Crippen molar-refractivity contribution in [1.82, 2.24) is 5.32 Å². The predicted molar refractivity (Wildman–Crippen MR) is 87.2 cm³/mol. The Morgan fingerprint density at radius 1 is 1.35 bits per heavy atom. The molecular formula is C17H24N2O4. The van der Waals surface area contributed by atoms with Crippen LogP contribution in [0.1, 0.15) is 38.7 Å². The van der Waals surface area contributed by atoms with Crippen LogP contribution in [0.3, 0.4) is 0 Å². The fraction of sp³-hybridized carbons (Fsp3) is 0.588. The molecular weight excluding hydrogens is 296 g/mol. The maximum absolute atomic E-state index is 12.1. The fourth-order valence-corrected chi connectivity index (χ4v) is 3.08. The van der Waals surface area contributed by atoms with Gasteiger partial charge in [0, 0.05) is 24.0 Å². The fourth-order valence-electron chi connectivity index (χ4n) is 3.08. The van der Waals surface area contributed by atoms with Crippen molar-refractivity contribution >= 4 is 11.7 Å². The molecule has 6 heteroatoms. The molecule has 1 N–H and O–H groups in total. The Balaban J connectivity index is 1.91. The van der Waals surface area contributed by atoms with Crippen molar-refractivity contribution in [2.24, 2.45) is 5.92 Å². The summed E-state index contributed by atoms with van der Waals surface area (Å²) in [6, 6.07) is 6.51. The van der Waals surface area contributed by atoms with Gasteiger partial charge in [-0.2, -0.15) is 0 Å². The molecule has 0 atom stereocenters. The summed E-state index contributed by atoms with van der Waals surface area (Å²) in [5.41, 5.74) is 0.119. The Morgan fingerprint density at radius 2 is 2.00 bits per heavy atom. The summed E-state index contributed by atoms with van der Waals surface area (Å²) in [7, 11) is 0. The normalized spacial score (nSPS) is 16.1. The standard InChI is InChI=1S/C17H24N2O4/c1-17(2,14-9-11-18-12-10-14)23-16(20)8-7-13-5-3-4-6-15(13)19(21)22/h3-6,14,18H,7-12H2,1-2H3. The molecule has 1 fully saturated rings. The van der Waals surface area contributed by atoms with Gasteiger partial charge in [-0.3, -0.25) is 14.9 Å². The van der Waals surface area contributed by atoms with Crippen molar-refractivity contribution in [3.8, 4) is 0 Å². The van der Waals surface area contributed by atoms with E-state index in [9.17, 15) is 14.9 Å². The highest BCUT2D eigenvalue weighted by atomic mass is 16.6. The van der Waals surface area contributed by atoms with Crippen LogP contribution in [0.5, 0.6) is 0 Å². The Labute approximate surface area is 136 Å². The van der Waals surface area contributed by atoms with Crippen molar-refractivity contribution in [2.45, 2.75) is 45.1 Å². The van der Waals surface area contributed by atoms with Gasteiger partial charge in [-0.05, 0) is 46.2 Å². The Bertz CT molecular complexity index is 565. The minimum absolute atomic E-state index is 0.0536. The molecule has 0 spiro atoms. The van der Waals surface area contributed by atoms with E-state index in [0.29, 0.717) is 17.9 Å². The molecule has 0 aliphatic carbocycles. The van der Waals surface area contributed by atoms with Crippen LogP contribution in [0.2, 0.25) is 0 Å². The zero-order valence-electron chi connectivity index (χ0n) is 13.7. The molecule has 126 valence electrons. The summed E-state index contributed by atoms with van der Waals surface area (Å²) in [5.74, 6) is 0.0467. The number of esters is 1. The number of nitrogens with zero attached hydrogens (tertiary/aromatic N) is 1. The van der Waals surface area contributed by atoms with Gasteiger partial charge in [-0.25, -0.2) is 0 Å². The topological polar surface area (TPSA) is 81.5 Å². The minimum Gasteiger partial charge on any atom is -0.459 e. The lowest BCUT2D eigenvalue weighted by atomic mass is 9.83. The van der Waals surface area contributed by atoms with Crippen molar-refractivity contribution in [3.63, 3.8) is 0 Å². The summed E-state index contributed by atoms with van der Waals surface area (Å²) < 4.78 is 5.66. The number of aryl methyl sites for hydroxylation is 1. The third-order valence-electron chi connectivity index (χ3n) is 4.49. The molecule has 0 bridgehead atoms. The highest BCUT2D eigenvalue weighted by molar-refractivity contribution is 5.70. The molecule has 1 heterocycles. The lowest BCUT2D eigenvalue weighted by Gasteiger charge is -2.36. The van der Waals surface area contributed by atoms with Gasteiger partial charge in [0.15, 0.2) is 0 Å². The number of hydrogen-bond acceptors (Lipinski definition) is 5. The average molecular weight is 320 g/mol. The van der Waals surface area contributed by atoms with E-state index in [1.165, 1.54) is 6.07 Å². The minimum atomic E-state index is -0.498. The zero-order valence-corrected chi connectivity index (χ0v) is 13.7. The first-order valence-corrected chi connectivity index (χ1v) is 8.05. The van der Waals surface area contributed by atoms with E-state index in [0.717, 1.165) is 25.9 Å². The molecule has 0 radical (unpaired) electrons. The maximum Gasteiger partial charge on any atom is 0.306 e. The molecule has 2 rings (SSSR count). The van der Waals surface area contributed by atoms with E-state index >= 15 is 0 Å². The summed E-state index contributed by atoms with van der Waals surface area (Å²) >= 11 is 0. The third kappa shape index (κ3) is 4.76. The van der Waals surface area contributed by atoms with Gasteiger partial charge in [0.1, 0.15) is 5.60 Å². The van der Waals surface area contributed by atoms with Crippen molar-refractivity contribution in [1.29, 1.82) is 0 Å². The van der Waals surface area contributed by atoms with Gasteiger partial charge < -0.3 is 10.1 Å². The van der Waals surface area contributed by atoms with Crippen molar-refractivity contribution in [2.75, 3.05) is 13.1 Å². The number of carbonyl (C=O) groups excluding carboxylic acids is 1. The average Bonchev–Trinajstić information content (AvgIpc) is 2.53. The van der Waals surface area contributed by atoms with E-state index in [1.807, 2.05) is 13.8 Å². The molecule has 1 aliphatic heterocycles. The molecule has 1 aliphatic rings. The molecule has 23 heavy (non-hydrogen) atoms. The van der Waals surface area contributed by atoms with Crippen molar-refractivity contribution < 1.29 is 14.5 Å². The summed E-state index contributed by atoms with van der Waals surface area (Å²) in [4.78, 5) is 22.7. The SMILES string of the molecule is CC(C)(OC(=O)CCc1ccccc1[N+](=O)[O-])C1CCNCC1. The van der Waals surface area contributed by atoms with E-state index in [-0.39, 0.29) is 18.1 Å². The number of nitrogens with one attached hydrogen (secondary N) is 1. The number of rotatable bonds is 6. The first-order valence-electron chi connectivity index (χ1n) is 8.05. The second-order valence-corrected chi connectivity index (χ2v) is 6.49. The molecule has 0 saturated carbocycles. The number of nitro groups is 1. The lowest BCUT2D eigenvalue weighted by Crippen LogP contribution is -2.42.